The maximum Gasteiger partial charge on any atom is 0.322 e. The lowest BCUT2D eigenvalue weighted by atomic mass is 10.1. The van der Waals surface area contributed by atoms with Gasteiger partial charge < -0.3 is 14.2 Å². The summed E-state index contributed by atoms with van der Waals surface area (Å²) >= 11 is 0. The Labute approximate surface area is 106 Å². The van der Waals surface area contributed by atoms with E-state index in [0.717, 1.165) is 17.1 Å². The highest BCUT2D eigenvalue weighted by molar-refractivity contribution is 5.75. The van der Waals surface area contributed by atoms with E-state index in [1.807, 2.05) is 37.1 Å². The van der Waals surface area contributed by atoms with Crippen LogP contribution in [0.3, 0.4) is 0 Å². The van der Waals surface area contributed by atoms with Crippen molar-refractivity contribution in [2.45, 2.75) is 19.5 Å². The first-order valence-electron chi connectivity index (χ1n) is 5.78. The van der Waals surface area contributed by atoms with E-state index >= 15 is 0 Å². The molecule has 0 fully saturated rings. The monoisotopic (exact) mass is 251 g/mol. The molecule has 0 N–H and O–H groups in total. The fourth-order valence-electron chi connectivity index (χ4n) is 1.81. The molecule has 1 heterocycles. The molecule has 1 unspecified atom stereocenters. The highest BCUT2D eigenvalue weighted by Crippen LogP contribution is 2.32. The quantitative estimate of drug-likeness (QED) is 0.757. The van der Waals surface area contributed by atoms with Gasteiger partial charge in [0.05, 0.1) is 7.11 Å². The van der Waals surface area contributed by atoms with E-state index in [9.17, 15) is 4.79 Å². The van der Waals surface area contributed by atoms with Crippen LogP contribution in [-0.2, 0) is 16.1 Å². The third-order valence-corrected chi connectivity index (χ3v) is 3.07. The van der Waals surface area contributed by atoms with Crippen LogP contribution in [0, 0.1) is 0 Å². The molecule has 98 valence electrons. The van der Waals surface area contributed by atoms with Gasteiger partial charge in [0.25, 0.3) is 0 Å². The Morgan fingerprint density at radius 1 is 1.44 bits per heavy atom. The van der Waals surface area contributed by atoms with Crippen molar-refractivity contribution in [2.75, 3.05) is 21.0 Å². The molecule has 1 aliphatic heterocycles. The summed E-state index contributed by atoms with van der Waals surface area (Å²) in [6.45, 7) is 2.74. The van der Waals surface area contributed by atoms with Gasteiger partial charge in [0.2, 0.25) is 6.79 Å². The lowest BCUT2D eigenvalue weighted by Crippen LogP contribution is -2.36. The molecule has 5 nitrogen and oxygen atoms in total. The zero-order valence-corrected chi connectivity index (χ0v) is 10.8. The van der Waals surface area contributed by atoms with Gasteiger partial charge in [-0.3, -0.25) is 9.69 Å². The molecule has 1 aliphatic rings. The van der Waals surface area contributed by atoms with Crippen LogP contribution in [-0.4, -0.2) is 37.9 Å². The van der Waals surface area contributed by atoms with Gasteiger partial charge in [0.15, 0.2) is 11.5 Å². The summed E-state index contributed by atoms with van der Waals surface area (Å²) < 4.78 is 15.3. The lowest BCUT2D eigenvalue weighted by Gasteiger charge is -2.22. The Balaban J connectivity index is 2.03. The largest absolute Gasteiger partial charge is 0.468 e. The third kappa shape index (κ3) is 2.56. The van der Waals surface area contributed by atoms with E-state index in [4.69, 9.17) is 14.2 Å². The molecule has 2 rings (SSSR count). The molecule has 1 atom stereocenters. The van der Waals surface area contributed by atoms with Crippen LogP contribution in [0.1, 0.15) is 12.5 Å². The van der Waals surface area contributed by atoms with E-state index in [1.54, 1.807) is 0 Å². The number of carbonyl (C=O) groups excluding carboxylic acids is 1. The standard InChI is InChI=1S/C13H17NO4/c1-9(13(15)16-3)14(2)7-10-4-5-11-12(6-10)18-8-17-11/h4-6,9H,7-8H2,1-3H3. The second-order valence-electron chi connectivity index (χ2n) is 4.30. The number of likely N-dealkylation sites (N-methyl/N-ethyl adjacent to an activating group) is 1. The Hall–Kier alpha value is -1.75. The second-order valence-corrected chi connectivity index (χ2v) is 4.30. The van der Waals surface area contributed by atoms with Gasteiger partial charge in [-0.15, -0.1) is 0 Å². The fourth-order valence-corrected chi connectivity index (χ4v) is 1.81. The Morgan fingerprint density at radius 3 is 2.89 bits per heavy atom. The van der Waals surface area contributed by atoms with Crippen LogP contribution < -0.4 is 9.47 Å². The van der Waals surface area contributed by atoms with Gasteiger partial charge in [-0.1, -0.05) is 6.07 Å². The molecule has 5 heteroatoms. The number of nitrogens with zero attached hydrogens (tertiary/aromatic N) is 1. The normalized spacial score (nSPS) is 14.7. The van der Waals surface area contributed by atoms with Crippen molar-refractivity contribution in [1.29, 1.82) is 0 Å². The summed E-state index contributed by atoms with van der Waals surface area (Å²) in [4.78, 5) is 13.3. The first-order chi connectivity index (χ1) is 8.61. The van der Waals surface area contributed by atoms with Crippen LogP contribution in [0.5, 0.6) is 11.5 Å². The molecule has 0 aliphatic carbocycles. The summed E-state index contributed by atoms with van der Waals surface area (Å²) in [5, 5.41) is 0. The van der Waals surface area contributed by atoms with Crippen molar-refractivity contribution >= 4 is 5.97 Å². The minimum Gasteiger partial charge on any atom is -0.468 e. The van der Waals surface area contributed by atoms with Crippen molar-refractivity contribution in [1.82, 2.24) is 4.90 Å². The van der Waals surface area contributed by atoms with Crippen LogP contribution in [0.4, 0.5) is 0 Å². The number of ether oxygens (including phenoxy) is 3. The highest BCUT2D eigenvalue weighted by atomic mass is 16.7. The van der Waals surface area contributed by atoms with E-state index in [-0.39, 0.29) is 18.8 Å². The lowest BCUT2D eigenvalue weighted by molar-refractivity contribution is -0.145. The van der Waals surface area contributed by atoms with Gasteiger partial charge in [-0.05, 0) is 31.7 Å². The molecule has 1 aromatic rings. The van der Waals surface area contributed by atoms with E-state index in [1.165, 1.54) is 7.11 Å². The van der Waals surface area contributed by atoms with Crippen molar-refractivity contribution in [3.05, 3.63) is 23.8 Å². The minimum absolute atomic E-state index is 0.238. The van der Waals surface area contributed by atoms with Crippen molar-refractivity contribution < 1.29 is 19.0 Å². The molecular weight excluding hydrogens is 234 g/mol. The first-order valence-corrected chi connectivity index (χ1v) is 5.78. The summed E-state index contributed by atoms with van der Waals surface area (Å²) in [6, 6.07) is 5.51. The topological polar surface area (TPSA) is 48.0 Å². The smallest absolute Gasteiger partial charge is 0.322 e. The summed E-state index contributed by atoms with van der Waals surface area (Å²) in [7, 11) is 3.28. The van der Waals surface area contributed by atoms with Crippen LogP contribution in [0.15, 0.2) is 18.2 Å². The minimum atomic E-state index is -0.277. The van der Waals surface area contributed by atoms with E-state index < -0.39 is 0 Å². The number of fused-ring (bicyclic) bond motifs is 1. The number of rotatable bonds is 4. The summed E-state index contributed by atoms with van der Waals surface area (Å²) in [5.41, 5.74) is 1.07. The number of esters is 1. The first kappa shape index (κ1) is 12.7. The molecule has 0 saturated heterocycles. The Kier molecular flexibility index (Phi) is 3.72. The average molecular weight is 251 g/mol. The molecule has 0 saturated carbocycles. The summed E-state index contributed by atoms with van der Waals surface area (Å²) in [6.07, 6.45) is 0. The van der Waals surface area contributed by atoms with Gasteiger partial charge in [-0.25, -0.2) is 0 Å². The second kappa shape index (κ2) is 5.27. The molecule has 0 bridgehead atoms. The number of benzene rings is 1. The zero-order chi connectivity index (χ0) is 13.1. The number of hydrogen-bond acceptors (Lipinski definition) is 5. The Morgan fingerprint density at radius 2 is 2.17 bits per heavy atom. The predicted octanol–water partition coefficient (Wildman–Crippen LogP) is 1.41. The maximum atomic E-state index is 11.4. The van der Waals surface area contributed by atoms with E-state index in [0.29, 0.717) is 6.54 Å². The SMILES string of the molecule is COC(=O)C(C)N(C)Cc1ccc2c(c1)OCO2. The fraction of sp³-hybridized carbons (Fsp3) is 0.462. The predicted molar refractivity (Wildman–Crippen MR) is 65.5 cm³/mol. The van der Waals surface area contributed by atoms with Gasteiger partial charge in [0, 0.05) is 6.54 Å². The average Bonchev–Trinajstić information content (AvgIpc) is 2.84. The van der Waals surface area contributed by atoms with E-state index in [2.05, 4.69) is 0 Å². The van der Waals surface area contributed by atoms with Crippen LogP contribution in [0.2, 0.25) is 0 Å². The molecule has 0 aromatic heterocycles. The number of carbonyl (C=O) groups is 1. The molecule has 0 radical (unpaired) electrons. The zero-order valence-electron chi connectivity index (χ0n) is 10.8. The Bertz CT molecular complexity index is 447. The highest BCUT2D eigenvalue weighted by Gasteiger charge is 2.19. The molecular formula is C13H17NO4. The molecule has 1 aromatic carbocycles. The number of hydrogen-bond donors (Lipinski definition) is 0. The summed E-state index contributed by atoms with van der Waals surface area (Å²) in [5.74, 6) is 1.28. The van der Waals surface area contributed by atoms with Gasteiger partial charge in [0.1, 0.15) is 6.04 Å². The van der Waals surface area contributed by atoms with Crippen molar-refractivity contribution in [2.24, 2.45) is 0 Å². The van der Waals surface area contributed by atoms with Crippen molar-refractivity contribution in [3.8, 4) is 11.5 Å². The van der Waals surface area contributed by atoms with Gasteiger partial charge in [-0.2, -0.15) is 0 Å². The molecule has 0 spiro atoms. The molecule has 18 heavy (non-hydrogen) atoms. The maximum absolute atomic E-state index is 11.4. The van der Waals surface area contributed by atoms with Gasteiger partial charge >= 0.3 is 5.97 Å². The van der Waals surface area contributed by atoms with Crippen LogP contribution in [0.25, 0.3) is 0 Å². The number of methoxy groups -OCH3 is 1. The van der Waals surface area contributed by atoms with Crippen molar-refractivity contribution in [3.63, 3.8) is 0 Å². The third-order valence-electron chi connectivity index (χ3n) is 3.07. The van der Waals surface area contributed by atoms with Crippen LogP contribution >= 0.6 is 0 Å². The molecule has 0 amide bonds.